The Bertz CT molecular complexity index is 75.5. The van der Waals surface area contributed by atoms with Gasteiger partial charge in [0.2, 0.25) is 0 Å². The first kappa shape index (κ1) is 3.65. The van der Waals surface area contributed by atoms with E-state index < -0.39 is 0 Å². The molecule has 0 aromatic carbocycles. The minimum atomic E-state index is -0.287. The van der Waals surface area contributed by atoms with E-state index in [1.165, 1.54) is 0 Å². The zero-order valence-corrected chi connectivity index (χ0v) is 4.39. The van der Waals surface area contributed by atoms with Crippen LogP contribution in [0.2, 0.25) is 0 Å². The number of carbonyl (C=O) groups is 1. The fraction of sp³-hybridized carbons (Fsp3) is 0.833. The van der Waals surface area contributed by atoms with Crippen molar-refractivity contribution in [3.63, 3.8) is 0 Å². The highest BCUT2D eigenvalue weighted by Crippen LogP contribution is 1.94. The quantitative estimate of drug-likeness (QED) is 0.390. The molecule has 1 heteroatoms. The van der Waals surface area contributed by atoms with Crippen LogP contribution in [-0.2, 0) is 4.79 Å². The SMILES string of the molecule is [2H]CC([2H])CCCC=O. The summed E-state index contributed by atoms with van der Waals surface area (Å²) in [6, 6.07) is 0. The normalized spacial score (nSPS) is 17.1. The van der Waals surface area contributed by atoms with Gasteiger partial charge in [-0.05, 0) is 6.42 Å². The molecule has 0 aliphatic carbocycles. The Morgan fingerprint density at radius 1 is 1.86 bits per heavy atom. The number of hydrogen-bond donors (Lipinski definition) is 0. The van der Waals surface area contributed by atoms with Crippen LogP contribution in [-0.4, -0.2) is 6.29 Å². The smallest absolute Gasteiger partial charge is 0.119 e. The highest BCUT2D eigenvalue weighted by molar-refractivity contribution is 5.48. The third-order valence-electron chi connectivity index (χ3n) is 0.730. The largest absolute Gasteiger partial charge is 0.303 e. The lowest BCUT2D eigenvalue weighted by molar-refractivity contribution is -0.107. The van der Waals surface area contributed by atoms with Gasteiger partial charge in [-0.3, -0.25) is 0 Å². The first-order valence-corrected chi connectivity index (χ1v) is 2.46. The van der Waals surface area contributed by atoms with E-state index in [2.05, 4.69) is 0 Å². The van der Waals surface area contributed by atoms with Crippen molar-refractivity contribution >= 4 is 6.29 Å². The molecule has 0 saturated carbocycles. The molecule has 0 radical (unpaired) electrons. The molecule has 0 saturated heterocycles. The van der Waals surface area contributed by atoms with Gasteiger partial charge in [0.05, 0.1) is 0 Å². The van der Waals surface area contributed by atoms with Crippen molar-refractivity contribution in [3.8, 4) is 0 Å². The molecule has 0 heterocycles. The molecule has 0 spiro atoms. The first-order chi connectivity index (χ1) is 4.31. The Balaban J connectivity index is 2.96. The summed E-state index contributed by atoms with van der Waals surface area (Å²) >= 11 is 0. The van der Waals surface area contributed by atoms with Gasteiger partial charge >= 0.3 is 0 Å². The minimum Gasteiger partial charge on any atom is -0.303 e. The van der Waals surface area contributed by atoms with Gasteiger partial charge in [0.15, 0.2) is 0 Å². The van der Waals surface area contributed by atoms with Crippen molar-refractivity contribution in [1.29, 1.82) is 0 Å². The van der Waals surface area contributed by atoms with Crippen molar-refractivity contribution < 1.29 is 7.54 Å². The predicted molar refractivity (Wildman–Crippen MR) is 30.2 cm³/mol. The van der Waals surface area contributed by atoms with Gasteiger partial charge < -0.3 is 4.79 Å². The minimum absolute atomic E-state index is 0.152. The topological polar surface area (TPSA) is 17.1 Å². The average Bonchev–Trinajstić information content (AvgIpc) is 1.89. The van der Waals surface area contributed by atoms with Gasteiger partial charge in [0, 0.05) is 9.16 Å². The van der Waals surface area contributed by atoms with Crippen molar-refractivity contribution in [2.45, 2.75) is 32.6 Å². The van der Waals surface area contributed by atoms with Crippen LogP contribution in [0, 0.1) is 0 Å². The maximum Gasteiger partial charge on any atom is 0.119 e. The second-order valence-electron chi connectivity index (χ2n) is 1.39. The molecule has 0 aromatic rings. The van der Waals surface area contributed by atoms with E-state index in [1.54, 1.807) is 0 Å². The summed E-state index contributed by atoms with van der Waals surface area (Å²) < 4.78 is 13.9. The van der Waals surface area contributed by atoms with E-state index in [4.69, 9.17) is 2.74 Å². The molecule has 7 heavy (non-hydrogen) atoms. The van der Waals surface area contributed by atoms with Crippen molar-refractivity contribution in [2.75, 3.05) is 0 Å². The lowest BCUT2D eigenvalue weighted by Crippen LogP contribution is -1.73. The highest BCUT2D eigenvalue weighted by Gasteiger charge is 1.80. The monoisotopic (exact) mass is 102 g/mol. The summed E-state index contributed by atoms with van der Waals surface area (Å²) in [6.45, 7) is 0.152. The van der Waals surface area contributed by atoms with Gasteiger partial charge in [0.25, 0.3) is 0 Å². The molecule has 0 N–H and O–H groups in total. The summed E-state index contributed by atoms with van der Waals surface area (Å²) in [6.07, 6.45) is 2.55. The Kier molecular flexibility index (Phi) is 2.95. The van der Waals surface area contributed by atoms with Crippen molar-refractivity contribution in [2.24, 2.45) is 0 Å². The van der Waals surface area contributed by atoms with Crippen molar-refractivity contribution in [3.05, 3.63) is 0 Å². The van der Waals surface area contributed by atoms with Crippen LogP contribution in [0.15, 0.2) is 0 Å². The van der Waals surface area contributed by atoms with E-state index in [0.29, 0.717) is 12.8 Å². The Morgan fingerprint density at radius 2 is 2.71 bits per heavy atom. The Labute approximate surface area is 47.5 Å². The van der Waals surface area contributed by atoms with Gasteiger partial charge in [-0.1, -0.05) is 19.7 Å². The standard InChI is InChI=1S/C6H12O/c1-2-3-4-5-6-7/h6H,2-5H2,1H3/i1D,2D. The number of rotatable bonds is 4. The summed E-state index contributed by atoms with van der Waals surface area (Å²) in [7, 11) is 0. The third kappa shape index (κ3) is 5.67. The van der Waals surface area contributed by atoms with Crippen molar-refractivity contribution in [1.82, 2.24) is 0 Å². The predicted octanol–water partition coefficient (Wildman–Crippen LogP) is 1.77. The molecule has 0 bridgehead atoms. The van der Waals surface area contributed by atoms with Crippen LogP contribution >= 0.6 is 0 Å². The number of aldehydes is 1. The molecule has 0 fully saturated rings. The maximum absolute atomic E-state index is 9.77. The van der Waals surface area contributed by atoms with Gasteiger partial charge in [0.1, 0.15) is 6.29 Å². The first-order valence-electron chi connectivity index (χ1n) is 3.74. The van der Waals surface area contributed by atoms with E-state index >= 15 is 0 Å². The molecule has 0 aliphatic heterocycles. The van der Waals surface area contributed by atoms with Gasteiger partial charge in [-0.2, -0.15) is 0 Å². The molecule has 1 nitrogen and oxygen atoms in total. The van der Waals surface area contributed by atoms with Crippen LogP contribution in [0.4, 0.5) is 0 Å². The number of hydrogen-bond acceptors (Lipinski definition) is 1. The molecular formula is C6H12O. The molecule has 0 aromatic heterocycles. The lowest BCUT2D eigenvalue weighted by atomic mass is 10.2. The van der Waals surface area contributed by atoms with Crippen LogP contribution in [0.25, 0.3) is 0 Å². The second kappa shape index (κ2) is 5.67. The lowest BCUT2D eigenvalue weighted by Gasteiger charge is -1.85. The number of unbranched alkanes of at least 4 members (excludes halogenated alkanes) is 1. The van der Waals surface area contributed by atoms with E-state index in [9.17, 15) is 4.79 Å². The van der Waals surface area contributed by atoms with Gasteiger partial charge in [-0.15, -0.1) is 0 Å². The zero-order valence-electron chi connectivity index (χ0n) is 6.39. The third-order valence-corrected chi connectivity index (χ3v) is 0.730. The molecular weight excluding hydrogens is 88.1 g/mol. The fourth-order valence-electron chi connectivity index (χ4n) is 0.346. The van der Waals surface area contributed by atoms with Crippen LogP contribution < -0.4 is 0 Å². The van der Waals surface area contributed by atoms with Crippen LogP contribution in [0.5, 0.6) is 0 Å². The van der Waals surface area contributed by atoms with Gasteiger partial charge in [-0.25, -0.2) is 0 Å². The Morgan fingerprint density at radius 3 is 3.29 bits per heavy atom. The summed E-state index contributed by atoms with van der Waals surface area (Å²) in [4.78, 5) is 9.77. The molecule has 42 valence electrons. The zero-order chi connectivity index (χ0) is 7.11. The maximum atomic E-state index is 9.77. The number of carbonyl (C=O) groups excluding carboxylic acids is 1. The van der Waals surface area contributed by atoms with E-state index in [-0.39, 0.29) is 13.3 Å². The summed E-state index contributed by atoms with van der Waals surface area (Å²) in [5, 5.41) is 0. The Hall–Kier alpha value is -0.330. The van der Waals surface area contributed by atoms with Crippen LogP contribution in [0.3, 0.4) is 0 Å². The highest BCUT2D eigenvalue weighted by atomic mass is 16.1. The molecule has 1 unspecified atom stereocenters. The summed E-state index contributed by atoms with van der Waals surface area (Å²) in [5.41, 5.74) is 0. The van der Waals surface area contributed by atoms with E-state index in [0.717, 1.165) is 12.7 Å². The van der Waals surface area contributed by atoms with E-state index in [1.807, 2.05) is 0 Å². The molecule has 1 atom stereocenters. The fourth-order valence-corrected chi connectivity index (χ4v) is 0.346. The summed E-state index contributed by atoms with van der Waals surface area (Å²) in [5.74, 6) is 0. The molecule has 0 amide bonds. The molecule has 0 rings (SSSR count). The molecule has 0 aliphatic rings. The van der Waals surface area contributed by atoms with Crippen LogP contribution in [0.1, 0.15) is 35.3 Å². The second-order valence-corrected chi connectivity index (χ2v) is 1.39. The average molecular weight is 102 g/mol.